The quantitative estimate of drug-likeness (QED) is 0.749. The van der Waals surface area contributed by atoms with Gasteiger partial charge in [0.15, 0.2) is 6.21 Å². The van der Waals surface area contributed by atoms with Gasteiger partial charge in [0, 0.05) is 31.2 Å². The van der Waals surface area contributed by atoms with E-state index in [2.05, 4.69) is 27.9 Å². The van der Waals surface area contributed by atoms with Crippen molar-refractivity contribution in [2.45, 2.75) is 6.42 Å². The normalized spacial score (nSPS) is 14.2. The molecule has 0 saturated carbocycles. The summed E-state index contributed by atoms with van der Waals surface area (Å²) in [6.45, 7) is 0. The van der Waals surface area contributed by atoms with Crippen LogP contribution < -0.4 is 5.43 Å². The van der Waals surface area contributed by atoms with E-state index in [1.54, 1.807) is 12.4 Å². The third kappa shape index (κ3) is 1.86. The van der Waals surface area contributed by atoms with Gasteiger partial charge in [-0.1, -0.05) is 6.08 Å². The Labute approximate surface area is 99.0 Å². The van der Waals surface area contributed by atoms with Crippen LogP contribution in [0.25, 0.3) is 0 Å². The predicted octanol–water partition coefficient (Wildman–Crippen LogP) is -0.0338. The van der Waals surface area contributed by atoms with Gasteiger partial charge in [0.2, 0.25) is 0 Å². The summed E-state index contributed by atoms with van der Waals surface area (Å²) in [5.41, 5.74) is 3.17. The molecule has 0 atom stereocenters. The Morgan fingerprint density at radius 2 is 1.82 bits per heavy atom. The second kappa shape index (κ2) is 4.29. The number of allylic oxidation sites excluding steroid dienone is 1. The Morgan fingerprint density at radius 1 is 1.12 bits per heavy atom. The zero-order chi connectivity index (χ0) is 11.5. The van der Waals surface area contributed by atoms with Crippen molar-refractivity contribution in [1.82, 2.24) is 24.8 Å². The minimum absolute atomic E-state index is 0.134. The van der Waals surface area contributed by atoms with E-state index >= 15 is 0 Å². The number of nitrogens with one attached hydrogen (secondary N) is 1. The molecule has 1 aliphatic heterocycles. The third-order valence-corrected chi connectivity index (χ3v) is 2.55. The van der Waals surface area contributed by atoms with Gasteiger partial charge in [0.1, 0.15) is 0 Å². The van der Waals surface area contributed by atoms with Crippen molar-refractivity contribution >= 4 is 13.3 Å². The second-order valence-corrected chi connectivity index (χ2v) is 3.68. The Bertz CT molecular complexity index is 493. The standard InChI is InChI=1S/C10H12BN6/c1-2-8-15(12-5-1)11(16-9-3-6-13-16)17-10-4-7-14-17/h1,3-10,12H,2H2/q+1. The molecule has 0 spiro atoms. The maximum atomic E-state index is 4.28. The molecule has 0 aliphatic carbocycles. The maximum absolute atomic E-state index is 4.28. The molecule has 17 heavy (non-hydrogen) atoms. The monoisotopic (exact) mass is 227 g/mol. The minimum Gasteiger partial charge on any atom is -0.220 e. The van der Waals surface area contributed by atoms with Gasteiger partial charge in [0.25, 0.3) is 0 Å². The Kier molecular flexibility index (Phi) is 2.49. The van der Waals surface area contributed by atoms with Crippen LogP contribution in [0.5, 0.6) is 0 Å². The van der Waals surface area contributed by atoms with Gasteiger partial charge in [-0.15, -0.1) is 0 Å². The number of hydrazone groups is 1. The van der Waals surface area contributed by atoms with Crippen molar-refractivity contribution in [3.63, 3.8) is 0 Å². The average Bonchev–Trinajstić information content (AvgIpc) is 3.04. The van der Waals surface area contributed by atoms with Gasteiger partial charge in [0.05, 0.1) is 6.20 Å². The highest BCUT2D eigenvalue weighted by molar-refractivity contribution is 6.46. The molecule has 6 nitrogen and oxygen atoms in total. The number of hydrogen-bond donors (Lipinski definition) is 1. The van der Waals surface area contributed by atoms with Crippen LogP contribution in [0.3, 0.4) is 0 Å². The highest BCUT2D eigenvalue weighted by Gasteiger charge is 2.41. The molecule has 0 bridgehead atoms. The SMILES string of the molecule is C1=CN[N+](B(n2cccn2)n2cccn2)=CC1. The number of hydrazine groups is 1. The first-order valence-electron chi connectivity index (χ1n) is 5.46. The summed E-state index contributed by atoms with van der Waals surface area (Å²) in [6.07, 6.45) is 14.3. The van der Waals surface area contributed by atoms with E-state index in [9.17, 15) is 0 Å². The summed E-state index contributed by atoms with van der Waals surface area (Å²) in [7, 11) is -0.134. The largest absolute Gasteiger partial charge is 0.818 e. The minimum atomic E-state index is -0.134. The molecule has 3 heterocycles. The molecule has 2 aromatic rings. The lowest BCUT2D eigenvalue weighted by atomic mass is 9.95. The molecule has 2 aromatic heterocycles. The van der Waals surface area contributed by atoms with Crippen LogP contribution >= 0.6 is 0 Å². The zero-order valence-corrected chi connectivity index (χ0v) is 9.22. The van der Waals surface area contributed by atoms with E-state index in [1.807, 2.05) is 44.5 Å². The van der Waals surface area contributed by atoms with Gasteiger partial charge < -0.3 is 0 Å². The number of aromatic nitrogens is 4. The van der Waals surface area contributed by atoms with Gasteiger partial charge >= 0.3 is 7.12 Å². The fourth-order valence-corrected chi connectivity index (χ4v) is 1.81. The molecule has 1 aliphatic rings. The van der Waals surface area contributed by atoms with Crippen LogP contribution in [0.4, 0.5) is 0 Å². The molecule has 7 heteroatoms. The highest BCUT2D eigenvalue weighted by Crippen LogP contribution is 1.97. The summed E-state index contributed by atoms with van der Waals surface area (Å²) in [5.74, 6) is 0. The lowest BCUT2D eigenvalue weighted by molar-refractivity contribution is -0.451. The van der Waals surface area contributed by atoms with E-state index in [1.165, 1.54) is 0 Å². The van der Waals surface area contributed by atoms with Crippen molar-refractivity contribution < 1.29 is 4.60 Å². The smallest absolute Gasteiger partial charge is 0.220 e. The van der Waals surface area contributed by atoms with Crippen LogP contribution in [0.1, 0.15) is 6.42 Å². The van der Waals surface area contributed by atoms with Crippen LogP contribution in [0.2, 0.25) is 0 Å². The lowest BCUT2D eigenvalue weighted by Crippen LogP contribution is -2.51. The third-order valence-electron chi connectivity index (χ3n) is 2.55. The molecule has 0 saturated heterocycles. The van der Waals surface area contributed by atoms with Gasteiger partial charge in [-0.3, -0.25) is 0 Å². The molecule has 3 rings (SSSR count). The zero-order valence-electron chi connectivity index (χ0n) is 9.22. The second-order valence-electron chi connectivity index (χ2n) is 3.68. The number of rotatable bonds is 3. The van der Waals surface area contributed by atoms with E-state index in [0.717, 1.165) is 6.42 Å². The topological polar surface area (TPSA) is 50.7 Å². The van der Waals surface area contributed by atoms with Crippen molar-refractivity contribution in [3.05, 3.63) is 49.2 Å². The van der Waals surface area contributed by atoms with Crippen LogP contribution in [-0.2, 0) is 0 Å². The van der Waals surface area contributed by atoms with Gasteiger partial charge in [-0.25, -0.2) is 9.19 Å². The van der Waals surface area contributed by atoms with Crippen molar-refractivity contribution in [1.29, 1.82) is 0 Å². The van der Waals surface area contributed by atoms with Crippen LogP contribution in [0.15, 0.2) is 49.2 Å². The van der Waals surface area contributed by atoms with E-state index < -0.39 is 0 Å². The van der Waals surface area contributed by atoms with E-state index in [0.29, 0.717) is 0 Å². The van der Waals surface area contributed by atoms with Crippen molar-refractivity contribution in [2.24, 2.45) is 0 Å². The molecule has 0 fully saturated rings. The first-order valence-corrected chi connectivity index (χ1v) is 5.46. The molecular formula is C10H12BN6+. The molecule has 84 valence electrons. The van der Waals surface area contributed by atoms with E-state index in [-0.39, 0.29) is 7.12 Å². The molecule has 1 N–H and O–H groups in total. The average molecular weight is 227 g/mol. The van der Waals surface area contributed by atoms with Crippen molar-refractivity contribution in [2.75, 3.05) is 0 Å². The number of nitrogens with zero attached hydrogens (tertiary/aromatic N) is 5. The summed E-state index contributed by atoms with van der Waals surface area (Å²) >= 11 is 0. The van der Waals surface area contributed by atoms with Crippen molar-refractivity contribution in [3.8, 4) is 0 Å². The van der Waals surface area contributed by atoms with E-state index in [4.69, 9.17) is 0 Å². The molecule has 0 amide bonds. The highest BCUT2D eigenvalue weighted by atomic mass is 15.5. The van der Waals surface area contributed by atoms with Crippen LogP contribution in [0, 0.1) is 0 Å². The first-order chi connectivity index (χ1) is 8.45. The summed E-state index contributed by atoms with van der Waals surface area (Å²) in [6, 6.07) is 3.80. The van der Waals surface area contributed by atoms with Gasteiger partial charge in [-0.05, 0) is 12.1 Å². The Balaban J connectivity index is 2.00. The fourth-order valence-electron chi connectivity index (χ4n) is 1.81. The molecule has 0 unspecified atom stereocenters. The summed E-state index contributed by atoms with van der Waals surface area (Å²) in [5, 5.41) is 8.56. The Morgan fingerprint density at radius 3 is 2.29 bits per heavy atom. The summed E-state index contributed by atoms with van der Waals surface area (Å²) < 4.78 is 5.66. The predicted molar refractivity (Wildman–Crippen MR) is 64.2 cm³/mol. The molecular weight excluding hydrogens is 215 g/mol. The molecule has 0 aromatic carbocycles. The van der Waals surface area contributed by atoms with Gasteiger partial charge in [-0.2, -0.15) is 20.2 Å². The maximum Gasteiger partial charge on any atom is 0.818 e. The first kappa shape index (κ1) is 9.89. The number of hydrogen-bond acceptors (Lipinski definition) is 3. The Hall–Kier alpha value is -2.31. The fraction of sp³-hybridized carbons (Fsp3) is 0.100. The summed E-state index contributed by atoms with van der Waals surface area (Å²) in [4.78, 5) is 0. The lowest BCUT2D eigenvalue weighted by Gasteiger charge is -2.11. The van der Waals surface area contributed by atoms with Crippen LogP contribution in [-0.4, -0.2) is 37.3 Å². The molecule has 0 radical (unpaired) electrons.